The van der Waals surface area contributed by atoms with Crippen molar-refractivity contribution in [1.29, 1.82) is 0 Å². The van der Waals surface area contributed by atoms with Crippen LogP contribution in [-0.4, -0.2) is 41.1 Å². The molecule has 1 rings (SSSR count). The van der Waals surface area contributed by atoms with Gasteiger partial charge in [0.15, 0.2) is 0 Å². The van der Waals surface area contributed by atoms with Gasteiger partial charge in [-0.25, -0.2) is 0 Å². The van der Waals surface area contributed by atoms with Gasteiger partial charge in [-0.05, 0) is 6.42 Å². The van der Waals surface area contributed by atoms with E-state index in [9.17, 15) is 9.90 Å². The number of aliphatic hydroxyl groups is 1. The number of terminal acetylenes is 1. The van der Waals surface area contributed by atoms with Crippen molar-refractivity contribution < 1.29 is 9.90 Å². The summed E-state index contributed by atoms with van der Waals surface area (Å²) in [5.41, 5.74) is 5.54. The number of hydrogen-bond donors (Lipinski definition) is 2. The highest BCUT2D eigenvalue weighted by atomic mass is 16.3. The van der Waals surface area contributed by atoms with Gasteiger partial charge >= 0.3 is 0 Å². The molecule has 1 fully saturated rings. The van der Waals surface area contributed by atoms with Crippen LogP contribution in [0.15, 0.2) is 0 Å². The van der Waals surface area contributed by atoms with Crippen LogP contribution in [-0.2, 0) is 4.79 Å². The minimum atomic E-state index is -0.615. The van der Waals surface area contributed by atoms with Crippen LogP contribution >= 0.6 is 0 Å². The zero-order valence-electron chi connectivity index (χ0n) is 7.44. The van der Waals surface area contributed by atoms with E-state index in [0.717, 1.165) is 0 Å². The van der Waals surface area contributed by atoms with Gasteiger partial charge in [0, 0.05) is 19.5 Å². The Morgan fingerprint density at radius 2 is 2.54 bits per heavy atom. The monoisotopic (exact) mass is 182 g/mol. The smallest absolute Gasteiger partial charge is 0.240 e. The summed E-state index contributed by atoms with van der Waals surface area (Å²) in [6.07, 6.45) is 5.53. The minimum absolute atomic E-state index is 0.158. The number of rotatable bonds is 2. The van der Waals surface area contributed by atoms with Crippen molar-refractivity contribution in [2.24, 2.45) is 5.73 Å². The van der Waals surface area contributed by atoms with Crippen LogP contribution in [0.3, 0.4) is 0 Å². The van der Waals surface area contributed by atoms with E-state index >= 15 is 0 Å². The third kappa shape index (κ3) is 2.44. The van der Waals surface area contributed by atoms with E-state index in [4.69, 9.17) is 12.2 Å². The number of hydrogen-bond acceptors (Lipinski definition) is 3. The Kier molecular flexibility index (Phi) is 3.29. The molecule has 0 aliphatic carbocycles. The molecule has 2 atom stereocenters. The second-order valence-electron chi connectivity index (χ2n) is 3.24. The topological polar surface area (TPSA) is 66.6 Å². The molecule has 2 unspecified atom stereocenters. The molecule has 1 amide bonds. The zero-order chi connectivity index (χ0) is 9.84. The Balaban J connectivity index is 2.44. The van der Waals surface area contributed by atoms with Crippen LogP contribution in [0.4, 0.5) is 0 Å². The molecule has 1 saturated heterocycles. The molecule has 1 heterocycles. The number of carbonyl (C=O) groups excluding carboxylic acids is 1. The molecular weight excluding hydrogens is 168 g/mol. The fourth-order valence-corrected chi connectivity index (χ4v) is 1.39. The van der Waals surface area contributed by atoms with Gasteiger partial charge in [-0.1, -0.05) is 0 Å². The van der Waals surface area contributed by atoms with Crippen LogP contribution in [0, 0.1) is 12.3 Å². The number of nitrogens with two attached hydrogens (primary N) is 1. The third-order valence-corrected chi connectivity index (χ3v) is 2.13. The summed E-state index contributed by atoms with van der Waals surface area (Å²) in [4.78, 5) is 13.0. The molecule has 4 nitrogen and oxygen atoms in total. The second-order valence-corrected chi connectivity index (χ2v) is 3.24. The van der Waals surface area contributed by atoms with E-state index in [1.165, 1.54) is 0 Å². The van der Waals surface area contributed by atoms with Crippen molar-refractivity contribution in [3.05, 3.63) is 0 Å². The molecular formula is C9H14N2O2. The molecule has 1 aliphatic rings. The molecule has 0 aromatic rings. The van der Waals surface area contributed by atoms with Crippen LogP contribution in [0.25, 0.3) is 0 Å². The first kappa shape index (κ1) is 10.0. The fourth-order valence-electron chi connectivity index (χ4n) is 1.39. The van der Waals surface area contributed by atoms with Crippen LogP contribution in [0.1, 0.15) is 12.8 Å². The van der Waals surface area contributed by atoms with Gasteiger partial charge in [-0.15, -0.1) is 12.3 Å². The minimum Gasteiger partial charge on any atom is -0.391 e. The normalized spacial score (nSPS) is 24.1. The largest absolute Gasteiger partial charge is 0.391 e. The van der Waals surface area contributed by atoms with E-state index in [0.29, 0.717) is 19.5 Å². The van der Waals surface area contributed by atoms with Gasteiger partial charge in [0.2, 0.25) is 5.91 Å². The summed E-state index contributed by atoms with van der Waals surface area (Å²) < 4.78 is 0. The quantitative estimate of drug-likeness (QED) is 0.534. The molecule has 0 aromatic heterocycles. The number of aliphatic hydroxyl groups excluding tert-OH is 1. The standard InChI is InChI=1S/C9H14N2O2/c1-2-3-8(10)9(13)11-5-4-7(12)6-11/h1,7-8,12H,3-6,10H2. The molecule has 0 radical (unpaired) electrons. The van der Waals surface area contributed by atoms with Gasteiger partial charge in [0.25, 0.3) is 0 Å². The van der Waals surface area contributed by atoms with Crippen molar-refractivity contribution in [3.8, 4) is 12.3 Å². The Labute approximate surface area is 77.7 Å². The lowest BCUT2D eigenvalue weighted by Crippen LogP contribution is -2.42. The maximum absolute atomic E-state index is 11.5. The van der Waals surface area contributed by atoms with Gasteiger partial charge in [0.1, 0.15) is 0 Å². The lowest BCUT2D eigenvalue weighted by Gasteiger charge is -2.18. The first-order chi connectivity index (χ1) is 6.15. The molecule has 72 valence electrons. The Morgan fingerprint density at radius 3 is 3.00 bits per heavy atom. The summed E-state index contributed by atoms with van der Waals surface area (Å²) >= 11 is 0. The Hall–Kier alpha value is -1.05. The number of β-amino-alcohol motifs (C(OH)–C–C–N with tert-alkyl or cyclic N) is 1. The summed E-state index contributed by atoms with van der Waals surface area (Å²) in [5.74, 6) is 2.19. The molecule has 4 heteroatoms. The predicted molar refractivity (Wildman–Crippen MR) is 48.6 cm³/mol. The van der Waals surface area contributed by atoms with Gasteiger partial charge < -0.3 is 15.7 Å². The summed E-state index contributed by atoms with van der Waals surface area (Å²) in [6.45, 7) is 0.968. The van der Waals surface area contributed by atoms with E-state index in [2.05, 4.69) is 5.92 Å². The van der Waals surface area contributed by atoms with Crippen LogP contribution < -0.4 is 5.73 Å². The number of amides is 1. The number of likely N-dealkylation sites (tertiary alicyclic amines) is 1. The Bertz CT molecular complexity index is 234. The van der Waals surface area contributed by atoms with Crippen LogP contribution in [0.2, 0.25) is 0 Å². The van der Waals surface area contributed by atoms with Crippen LogP contribution in [0.5, 0.6) is 0 Å². The molecule has 0 aromatic carbocycles. The molecule has 0 bridgehead atoms. The maximum atomic E-state index is 11.5. The zero-order valence-corrected chi connectivity index (χ0v) is 7.44. The van der Waals surface area contributed by atoms with Gasteiger partial charge in [-0.2, -0.15) is 0 Å². The number of carbonyl (C=O) groups is 1. The first-order valence-electron chi connectivity index (χ1n) is 4.31. The molecule has 0 spiro atoms. The SMILES string of the molecule is C#CCC(N)C(=O)N1CCC(O)C1. The van der Waals surface area contributed by atoms with E-state index in [1.807, 2.05) is 0 Å². The second kappa shape index (κ2) is 4.26. The lowest BCUT2D eigenvalue weighted by atomic mass is 10.2. The Morgan fingerprint density at radius 1 is 1.85 bits per heavy atom. The van der Waals surface area contributed by atoms with E-state index in [1.54, 1.807) is 4.90 Å². The van der Waals surface area contributed by atoms with Crippen molar-refractivity contribution in [2.45, 2.75) is 25.0 Å². The molecule has 3 N–H and O–H groups in total. The molecule has 1 aliphatic heterocycles. The average Bonchev–Trinajstić information content (AvgIpc) is 2.51. The number of nitrogens with zero attached hydrogens (tertiary/aromatic N) is 1. The van der Waals surface area contributed by atoms with Crippen molar-refractivity contribution >= 4 is 5.91 Å². The summed E-state index contributed by atoms with van der Waals surface area (Å²) in [5, 5.41) is 9.19. The van der Waals surface area contributed by atoms with E-state index < -0.39 is 12.1 Å². The van der Waals surface area contributed by atoms with Gasteiger partial charge in [0.05, 0.1) is 12.1 Å². The fraction of sp³-hybridized carbons (Fsp3) is 0.667. The first-order valence-corrected chi connectivity index (χ1v) is 4.31. The summed E-state index contributed by atoms with van der Waals surface area (Å²) in [6, 6.07) is -0.615. The van der Waals surface area contributed by atoms with Crippen molar-refractivity contribution in [1.82, 2.24) is 4.90 Å². The molecule has 0 saturated carbocycles. The maximum Gasteiger partial charge on any atom is 0.240 e. The molecule has 13 heavy (non-hydrogen) atoms. The van der Waals surface area contributed by atoms with Crippen molar-refractivity contribution in [3.63, 3.8) is 0 Å². The predicted octanol–water partition coefficient (Wildman–Crippen LogP) is -1.07. The highest BCUT2D eigenvalue weighted by molar-refractivity contribution is 5.82. The lowest BCUT2D eigenvalue weighted by molar-refractivity contribution is -0.131. The van der Waals surface area contributed by atoms with E-state index in [-0.39, 0.29) is 12.3 Å². The van der Waals surface area contributed by atoms with Crippen molar-refractivity contribution in [2.75, 3.05) is 13.1 Å². The highest BCUT2D eigenvalue weighted by Crippen LogP contribution is 2.10. The summed E-state index contributed by atoms with van der Waals surface area (Å²) in [7, 11) is 0. The average molecular weight is 182 g/mol. The highest BCUT2D eigenvalue weighted by Gasteiger charge is 2.27. The van der Waals surface area contributed by atoms with Gasteiger partial charge in [-0.3, -0.25) is 4.79 Å². The third-order valence-electron chi connectivity index (χ3n) is 2.13.